The normalized spacial score (nSPS) is 12.2. The third kappa shape index (κ3) is 3.47. The molecule has 2 heterocycles. The summed E-state index contributed by atoms with van der Waals surface area (Å²) < 4.78 is 13.4. The maximum atomic E-state index is 13.1. The van der Waals surface area contributed by atoms with Crippen molar-refractivity contribution >= 4 is 21.8 Å². The van der Waals surface area contributed by atoms with Crippen LogP contribution in [0.25, 0.3) is 5.69 Å². The summed E-state index contributed by atoms with van der Waals surface area (Å²) in [6, 6.07) is 13.4. The summed E-state index contributed by atoms with van der Waals surface area (Å²) in [5, 5.41) is 8.33. The molecule has 0 fully saturated rings. The van der Waals surface area contributed by atoms with Crippen LogP contribution in [0.4, 0.5) is 0 Å². The van der Waals surface area contributed by atoms with Crippen molar-refractivity contribution in [2.45, 2.75) is 20.4 Å². The number of hydrogen-bond donors (Lipinski definition) is 0. The Balaban J connectivity index is 1.57. The van der Waals surface area contributed by atoms with Crippen LogP contribution in [0.1, 0.15) is 28.7 Å². The van der Waals surface area contributed by atoms with Crippen LogP contribution in [0, 0.1) is 6.92 Å². The highest BCUT2D eigenvalue weighted by atomic mass is 79.9. The molecule has 28 heavy (non-hydrogen) atoms. The maximum absolute atomic E-state index is 13.1. The zero-order valence-corrected chi connectivity index (χ0v) is 17.1. The van der Waals surface area contributed by atoms with Gasteiger partial charge in [0.15, 0.2) is 17.2 Å². The molecule has 0 spiro atoms. The summed E-state index contributed by atoms with van der Waals surface area (Å²) in [5.41, 5.74) is 2.86. The lowest BCUT2D eigenvalue weighted by Crippen LogP contribution is -2.31. The molecule has 144 valence electrons. The largest absolute Gasteiger partial charge is 0.454 e. The molecular weight excluding hydrogens is 424 g/mol. The Hall–Kier alpha value is -2.87. The second-order valence-corrected chi connectivity index (χ2v) is 7.34. The number of aromatic nitrogens is 3. The molecule has 0 atom stereocenters. The van der Waals surface area contributed by atoms with Gasteiger partial charge in [-0.25, -0.2) is 4.68 Å². The number of fused-ring (bicyclic) bond motifs is 1. The predicted octanol–water partition coefficient (Wildman–Crippen LogP) is 3.73. The van der Waals surface area contributed by atoms with Crippen LogP contribution in [0.15, 0.2) is 46.9 Å². The van der Waals surface area contributed by atoms with E-state index in [0.717, 1.165) is 21.5 Å². The van der Waals surface area contributed by atoms with Gasteiger partial charge >= 0.3 is 0 Å². The molecule has 0 bridgehead atoms. The van der Waals surface area contributed by atoms with Crippen LogP contribution in [0.5, 0.6) is 11.5 Å². The smallest absolute Gasteiger partial charge is 0.276 e. The van der Waals surface area contributed by atoms with E-state index in [-0.39, 0.29) is 12.7 Å². The van der Waals surface area contributed by atoms with E-state index in [1.807, 2.05) is 56.3 Å². The van der Waals surface area contributed by atoms with Gasteiger partial charge in [-0.1, -0.05) is 33.3 Å². The fraction of sp³-hybridized carbons (Fsp3) is 0.250. The molecule has 0 aliphatic carbocycles. The monoisotopic (exact) mass is 442 g/mol. The fourth-order valence-electron chi connectivity index (χ4n) is 3.12. The van der Waals surface area contributed by atoms with Crippen LogP contribution in [0.2, 0.25) is 0 Å². The number of halogens is 1. The van der Waals surface area contributed by atoms with Gasteiger partial charge in [-0.2, -0.15) is 0 Å². The van der Waals surface area contributed by atoms with Gasteiger partial charge in [0, 0.05) is 17.6 Å². The van der Waals surface area contributed by atoms with Crippen LogP contribution < -0.4 is 9.47 Å². The van der Waals surface area contributed by atoms with Crippen molar-refractivity contribution in [3.05, 3.63) is 63.9 Å². The van der Waals surface area contributed by atoms with E-state index in [1.54, 1.807) is 9.58 Å². The predicted molar refractivity (Wildman–Crippen MR) is 107 cm³/mol. The second kappa shape index (κ2) is 7.63. The van der Waals surface area contributed by atoms with E-state index < -0.39 is 0 Å². The molecule has 0 radical (unpaired) electrons. The lowest BCUT2D eigenvalue weighted by molar-refractivity contribution is 0.0745. The number of ether oxygens (including phenoxy) is 2. The first-order valence-corrected chi connectivity index (χ1v) is 9.72. The van der Waals surface area contributed by atoms with E-state index in [9.17, 15) is 4.79 Å². The van der Waals surface area contributed by atoms with Crippen molar-refractivity contribution in [1.29, 1.82) is 0 Å². The van der Waals surface area contributed by atoms with Crippen molar-refractivity contribution in [2.24, 2.45) is 0 Å². The van der Waals surface area contributed by atoms with Gasteiger partial charge < -0.3 is 14.4 Å². The van der Waals surface area contributed by atoms with Gasteiger partial charge in [-0.3, -0.25) is 4.79 Å². The minimum absolute atomic E-state index is 0.154. The quantitative estimate of drug-likeness (QED) is 0.601. The molecule has 2 aromatic carbocycles. The Morgan fingerprint density at radius 2 is 2.04 bits per heavy atom. The zero-order valence-electron chi connectivity index (χ0n) is 15.6. The van der Waals surface area contributed by atoms with E-state index >= 15 is 0 Å². The summed E-state index contributed by atoms with van der Waals surface area (Å²) in [5.74, 6) is 1.28. The van der Waals surface area contributed by atoms with Gasteiger partial charge in [0.05, 0.1) is 11.4 Å². The summed E-state index contributed by atoms with van der Waals surface area (Å²) in [7, 11) is 0. The van der Waals surface area contributed by atoms with Crippen LogP contribution in [-0.2, 0) is 6.54 Å². The van der Waals surface area contributed by atoms with Gasteiger partial charge in [0.1, 0.15) is 0 Å². The fourth-order valence-corrected chi connectivity index (χ4v) is 3.50. The minimum Gasteiger partial charge on any atom is -0.454 e. The van der Waals surface area contributed by atoms with Crippen LogP contribution >= 0.6 is 15.9 Å². The molecule has 0 unspecified atom stereocenters. The van der Waals surface area contributed by atoms with E-state index in [1.165, 1.54) is 0 Å². The van der Waals surface area contributed by atoms with Crippen LogP contribution in [0.3, 0.4) is 0 Å². The van der Waals surface area contributed by atoms with Crippen molar-refractivity contribution < 1.29 is 14.3 Å². The van der Waals surface area contributed by atoms with Gasteiger partial charge in [0.2, 0.25) is 6.79 Å². The van der Waals surface area contributed by atoms with Gasteiger partial charge in [0.25, 0.3) is 5.91 Å². The average Bonchev–Trinajstić information content (AvgIpc) is 3.31. The van der Waals surface area contributed by atoms with Crippen molar-refractivity contribution in [1.82, 2.24) is 19.9 Å². The lowest BCUT2D eigenvalue weighted by atomic mass is 10.1. The minimum atomic E-state index is -0.154. The third-order valence-corrected chi connectivity index (χ3v) is 5.12. The summed E-state index contributed by atoms with van der Waals surface area (Å²) in [6.07, 6.45) is 0. The zero-order chi connectivity index (χ0) is 19.7. The molecule has 4 rings (SSSR count). The maximum Gasteiger partial charge on any atom is 0.276 e. The molecule has 3 aromatic rings. The number of amides is 1. The Morgan fingerprint density at radius 3 is 2.82 bits per heavy atom. The second-order valence-electron chi connectivity index (χ2n) is 6.42. The number of rotatable bonds is 5. The molecule has 0 N–H and O–H groups in total. The highest BCUT2D eigenvalue weighted by Gasteiger charge is 2.23. The molecule has 1 aliphatic heterocycles. The molecule has 1 amide bonds. The first-order chi connectivity index (χ1) is 13.6. The summed E-state index contributed by atoms with van der Waals surface area (Å²) >= 11 is 3.46. The van der Waals surface area contributed by atoms with Crippen molar-refractivity contribution in [3.8, 4) is 17.2 Å². The van der Waals surface area contributed by atoms with Crippen molar-refractivity contribution in [3.63, 3.8) is 0 Å². The molecular formula is C20H19BrN4O3. The number of carbonyl (C=O) groups is 1. The van der Waals surface area contributed by atoms with Gasteiger partial charge in [-0.05, 0) is 49.7 Å². The highest BCUT2D eigenvalue weighted by Crippen LogP contribution is 2.33. The number of nitrogens with zero attached hydrogens (tertiary/aromatic N) is 4. The first-order valence-electron chi connectivity index (χ1n) is 8.93. The number of carbonyl (C=O) groups excluding carboxylic acids is 1. The van der Waals surface area contributed by atoms with Crippen LogP contribution in [-0.4, -0.2) is 39.1 Å². The summed E-state index contributed by atoms with van der Waals surface area (Å²) in [4.78, 5) is 14.8. The average molecular weight is 443 g/mol. The van der Waals surface area contributed by atoms with E-state index in [4.69, 9.17) is 9.47 Å². The number of hydrogen-bond acceptors (Lipinski definition) is 5. The first kappa shape index (κ1) is 18.5. The van der Waals surface area contributed by atoms with Gasteiger partial charge in [-0.15, -0.1) is 5.10 Å². The van der Waals surface area contributed by atoms with E-state index in [0.29, 0.717) is 30.2 Å². The highest BCUT2D eigenvalue weighted by molar-refractivity contribution is 9.10. The molecule has 1 aliphatic rings. The number of benzene rings is 2. The molecule has 0 saturated carbocycles. The molecule has 1 aromatic heterocycles. The Kier molecular flexibility index (Phi) is 5.04. The van der Waals surface area contributed by atoms with Crippen molar-refractivity contribution in [2.75, 3.05) is 13.3 Å². The molecule has 0 saturated heterocycles. The third-order valence-electron chi connectivity index (χ3n) is 4.63. The molecule has 7 nitrogen and oxygen atoms in total. The lowest BCUT2D eigenvalue weighted by Gasteiger charge is -2.20. The Morgan fingerprint density at radius 1 is 1.21 bits per heavy atom. The standard InChI is InChI=1S/C20H19BrN4O3/c1-3-24(11-14-7-8-17-18(9-14)28-12-27-17)20(26)19-13(2)25(23-22-19)16-6-4-5-15(21)10-16/h4-10H,3,11-12H2,1-2H3. The Bertz CT molecular complexity index is 1030. The Labute approximate surface area is 171 Å². The molecule has 8 heteroatoms. The SMILES string of the molecule is CCN(Cc1ccc2c(c1)OCO2)C(=O)c1nnn(-c2cccc(Br)c2)c1C. The van der Waals surface area contributed by atoms with E-state index in [2.05, 4.69) is 26.2 Å². The summed E-state index contributed by atoms with van der Waals surface area (Å²) in [6.45, 7) is 5.03. The topological polar surface area (TPSA) is 69.5 Å².